The minimum absolute atomic E-state index is 1.31. The highest BCUT2D eigenvalue weighted by atomic mass is 19.4. The fraction of sp³-hybridized carbons (Fsp3) is 0.750. The van der Waals surface area contributed by atoms with E-state index < -0.39 is 63.2 Å². The molecule has 0 bridgehead atoms. The van der Waals surface area contributed by atoms with Gasteiger partial charge in [0.15, 0.2) is 21.2 Å². The van der Waals surface area contributed by atoms with Gasteiger partial charge in [0, 0.05) is 6.42 Å². The smallest absolute Gasteiger partial charge is 0.419 e. The monoisotopic (exact) mass is 415 g/mol. The predicted molar refractivity (Wildman–Crippen MR) is 61.2 cm³/mol. The van der Waals surface area contributed by atoms with Crippen molar-refractivity contribution in [3.8, 4) is 0 Å². The van der Waals surface area contributed by atoms with Crippen molar-refractivity contribution in [1.29, 1.82) is 0 Å². The lowest BCUT2D eigenvalue weighted by Gasteiger charge is -2.25. The van der Waals surface area contributed by atoms with Gasteiger partial charge in [-0.3, -0.25) is 30.3 Å². The number of halogens is 7. The van der Waals surface area contributed by atoms with E-state index in [1.54, 1.807) is 0 Å². The molecule has 27 heavy (non-hydrogen) atoms. The highest BCUT2D eigenvalue weighted by Gasteiger charge is 2.76. The first-order valence-corrected chi connectivity index (χ1v) is 6.10. The summed E-state index contributed by atoms with van der Waals surface area (Å²) < 4.78 is 92.3. The number of nitrogens with zero attached hydrogens (tertiary/aromatic N) is 5. The third-order valence-corrected chi connectivity index (χ3v) is 3.04. The average molecular weight is 415 g/mol. The summed E-state index contributed by atoms with van der Waals surface area (Å²) in [6, 6.07) is 0. The van der Waals surface area contributed by atoms with Crippen molar-refractivity contribution in [1.82, 2.24) is 10.2 Å². The summed E-state index contributed by atoms with van der Waals surface area (Å²) in [7, 11) is 0. The number of rotatable bonds is 8. The lowest BCUT2D eigenvalue weighted by molar-refractivity contribution is -0.970. The van der Waals surface area contributed by atoms with Gasteiger partial charge in [0.1, 0.15) is 0 Å². The molecule has 0 atom stereocenters. The second kappa shape index (κ2) is 6.54. The number of hydrogen-bond donors (Lipinski definition) is 0. The zero-order chi connectivity index (χ0) is 21.4. The molecule has 0 radical (unpaired) electrons. The highest BCUT2D eigenvalue weighted by Crippen LogP contribution is 2.51. The van der Waals surface area contributed by atoms with Crippen LogP contribution in [-0.4, -0.2) is 42.9 Å². The second-order valence-electron chi connectivity index (χ2n) is 4.69. The Labute approximate surface area is 140 Å². The Balaban J connectivity index is 3.16. The molecule has 1 rings (SSSR count). The fourth-order valence-electron chi connectivity index (χ4n) is 1.54. The van der Waals surface area contributed by atoms with Gasteiger partial charge in [-0.1, -0.05) is 0 Å². The van der Waals surface area contributed by atoms with E-state index in [1.807, 2.05) is 0 Å². The van der Waals surface area contributed by atoms with Crippen LogP contribution in [0.1, 0.15) is 18.2 Å². The molecule has 0 aliphatic heterocycles. The third kappa shape index (κ3) is 3.43. The molecule has 19 heteroatoms. The highest BCUT2D eigenvalue weighted by molar-refractivity contribution is 5.02. The Kier molecular flexibility index (Phi) is 5.30. The minimum atomic E-state index is -6.72. The lowest BCUT2D eigenvalue weighted by Crippen LogP contribution is -2.53. The molecule has 1 aromatic heterocycles. The summed E-state index contributed by atoms with van der Waals surface area (Å²) in [5.74, 6) is -20.6. The summed E-state index contributed by atoms with van der Waals surface area (Å²) in [6.45, 7) is 0. The normalized spacial score (nSPS) is 13.4. The van der Waals surface area contributed by atoms with Crippen LogP contribution in [0.25, 0.3) is 0 Å². The Morgan fingerprint density at radius 2 is 1.30 bits per heavy atom. The molecule has 0 aliphatic carbocycles. The van der Waals surface area contributed by atoms with Crippen molar-refractivity contribution >= 4 is 0 Å². The van der Waals surface area contributed by atoms with Gasteiger partial charge < -0.3 is 4.42 Å². The first-order chi connectivity index (χ1) is 12.0. The van der Waals surface area contributed by atoms with E-state index in [0.29, 0.717) is 0 Å². The molecule has 152 valence electrons. The molecule has 0 saturated heterocycles. The zero-order valence-corrected chi connectivity index (χ0v) is 12.2. The second-order valence-corrected chi connectivity index (χ2v) is 4.69. The lowest BCUT2D eigenvalue weighted by atomic mass is 10.1. The zero-order valence-electron chi connectivity index (χ0n) is 12.2. The Hall–Kier alpha value is -3.15. The van der Waals surface area contributed by atoms with E-state index >= 15 is 0 Å². The average Bonchev–Trinajstić information content (AvgIpc) is 2.94. The Morgan fingerprint density at radius 1 is 0.852 bits per heavy atom. The van der Waals surface area contributed by atoms with Gasteiger partial charge in [-0.25, -0.2) is 0 Å². The molecular formula is C8H4F7N5O7. The molecule has 0 amide bonds. The van der Waals surface area contributed by atoms with Gasteiger partial charge in [0.2, 0.25) is 5.89 Å². The molecular weight excluding hydrogens is 411 g/mol. The predicted octanol–water partition coefficient (Wildman–Crippen LogP) is 1.78. The van der Waals surface area contributed by atoms with Crippen molar-refractivity contribution in [2.24, 2.45) is 0 Å². The first kappa shape index (κ1) is 21.9. The molecule has 12 nitrogen and oxygen atoms in total. The van der Waals surface area contributed by atoms with Gasteiger partial charge in [-0.2, -0.15) is 30.7 Å². The van der Waals surface area contributed by atoms with E-state index in [1.165, 1.54) is 0 Å². The van der Waals surface area contributed by atoms with E-state index in [0.717, 1.165) is 0 Å². The summed E-state index contributed by atoms with van der Waals surface area (Å²) in [4.78, 5) is 26.1. The maximum atomic E-state index is 13.3. The van der Waals surface area contributed by atoms with Gasteiger partial charge in [0.25, 0.3) is 5.89 Å². The number of alkyl halides is 7. The number of aromatic nitrogens is 2. The SMILES string of the molecule is O=[N+]([O-])C(CCc1nnc(C(F)(F)C(F)(F)C(F)(F)F)o1)([N+](=O)[O-])[N+](=O)[O-]. The van der Waals surface area contributed by atoms with Crippen LogP contribution in [0.15, 0.2) is 4.42 Å². The van der Waals surface area contributed by atoms with Crippen LogP contribution in [0, 0.1) is 30.3 Å². The van der Waals surface area contributed by atoms with E-state index in [-0.39, 0.29) is 0 Å². The van der Waals surface area contributed by atoms with Gasteiger partial charge >= 0.3 is 23.8 Å². The van der Waals surface area contributed by atoms with Crippen LogP contribution in [0.3, 0.4) is 0 Å². The quantitative estimate of drug-likeness (QED) is 0.266. The number of hydrogen-bond acceptors (Lipinski definition) is 9. The molecule has 0 N–H and O–H groups in total. The van der Waals surface area contributed by atoms with Gasteiger partial charge in [-0.15, -0.1) is 10.2 Å². The summed E-state index contributed by atoms with van der Waals surface area (Å²) >= 11 is 0. The van der Waals surface area contributed by atoms with Crippen molar-refractivity contribution in [3.63, 3.8) is 0 Å². The van der Waals surface area contributed by atoms with Crippen LogP contribution in [0.4, 0.5) is 30.7 Å². The molecule has 1 heterocycles. The topological polar surface area (TPSA) is 168 Å². The van der Waals surface area contributed by atoms with Gasteiger partial charge in [-0.05, 0) is 0 Å². The van der Waals surface area contributed by atoms with Crippen molar-refractivity contribution in [2.75, 3.05) is 0 Å². The van der Waals surface area contributed by atoms with Crippen LogP contribution in [-0.2, 0) is 12.3 Å². The van der Waals surface area contributed by atoms with Crippen LogP contribution >= 0.6 is 0 Å². The maximum Gasteiger partial charge on any atom is 0.700 e. The Morgan fingerprint density at radius 3 is 1.67 bits per heavy atom. The van der Waals surface area contributed by atoms with Gasteiger partial charge in [0.05, 0.1) is 0 Å². The number of nitro groups is 3. The maximum absolute atomic E-state index is 13.3. The Bertz CT molecular complexity index is 727. The van der Waals surface area contributed by atoms with Crippen molar-refractivity contribution in [2.45, 2.75) is 36.6 Å². The van der Waals surface area contributed by atoms with E-state index in [2.05, 4.69) is 14.6 Å². The molecule has 0 aliphatic rings. The minimum Gasteiger partial charge on any atom is -0.419 e. The molecule has 0 aromatic carbocycles. The third-order valence-electron chi connectivity index (χ3n) is 3.04. The van der Waals surface area contributed by atoms with Crippen molar-refractivity contribution < 1.29 is 49.9 Å². The molecule has 0 unspecified atom stereocenters. The molecule has 0 fully saturated rings. The standard InChI is InChI=1S/C8H4F7N5O7/c9-6(10,7(11,12)8(13,14)15)4-17-16-3(27-4)1-2-5(18(21)22,19(23)24)20(25)26/h1-2H2. The summed E-state index contributed by atoms with van der Waals surface area (Å²) in [5.41, 5.74) is 0. The first-order valence-electron chi connectivity index (χ1n) is 6.10. The fourth-order valence-corrected chi connectivity index (χ4v) is 1.54. The molecule has 1 aromatic rings. The van der Waals surface area contributed by atoms with Crippen LogP contribution in [0.2, 0.25) is 0 Å². The van der Waals surface area contributed by atoms with E-state index in [4.69, 9.17) is 0 Å². The van der Waals surface area contributed by atoms with E-state index in [9.17, 15) is 61.1 Å². The largest absolute Gasteiger partial charge is 0.700 e. The summed E-state index contributed by atoms with van der Waals surface area (Å²) in [6.07, 6.45) is -9.71. The number of aryl methyl sites for hydroxylation is 1. The summed E-state index contributed by atoms with van der Waals surface area (Å²) in [5, 5.41) is 36.8. The van der Waals surface area contributed by atoms with Crippen molar-refractivity contribution in [3.05, 3.63) is 42.1 Å². The molecule has 0 spiro atoms. The van der Waals surface area contributed by atoms with Crippen LogP contribution in [0.5, 0.6) is 0 Å². The molecule has 0 saturated carbocycles. The van der Waals surface area contributed by atoms with Crippen LogP contribution < -0.4 is 0 Å².